The van der Waals surface area contributed by atoms with E-state index in [-0.39, 0.29) is 6.15 Å². The van der Waals surface area contributed by atoms with Crippen molar-refractivity contribution < 1.29 is 0 Å². The van der Waals surface area contributed by atoms with Crippen molar-refractivity contribution in [1.82, 2.24) is 6.15 Å². The minimum absolute atomic E-state index is 0. The van der Waals surface area contributed by atoms with Crippen molar-refractivity contribution in [3.05, 3.63) is 0 Å². The Hall–Kier alpha value is 0.890. The van der Waals surface area contributed by atoms with Crippen molar-refractivity contribution in [1.29, 1.82) is 0 Å². The van der Waals surface area contributed by atoms with Crippen LogP contribution < -0.4 is 6.15 Å². The number of hydrogen-bond acceptors (Lipinski definition) is 2. The molecule has 0 aliphatic carbocycles. The number of rotatable bonds is 2. The van der Waals surface area contributed by atoms with Gasteiger partial charge in [-0.05, 0) is 12.7 Å². The second kappa shape index (κ2) is 4.74. The van der Waals surface area contributed by atoms with Crippen LogP contribution >= 0.6 is 35.0 Å². The predicted octanol–water partition coefficient (Wildman–Crippen LogP) is 3.05. The van der Waals surface area contributed by atoms with E-state index in [4.69, 9.17) is 23.2 Å². The highest BCUT2D eigenvalue weighted by molar-refractivity contribution is 8.03. The molecule has 0 saturated heterocycles. The van der Waals surface area contributed by atoms with Crippen molar-refractivity contribution in [3.8, 4) is 0 Å². The van der Waals surface area contributed by atoms with Crippen molar-refractivity contribution in [2.75, 3.05) is 5.75 Å². The highest BCUT2D eigenvalue weighted by Gasteiger charge is 2.13. The van der Waals surface area contributed by atoms with E-state index in [1.54, 1.807) is 6.92 Å². The van der Waals surface area contributed by atoms with E-state index in [0.29, 0.717) is 0 Å². The summed E-state index contributed by atoms with van der Waals surface area (Å²) >= 11 is 12.6. The highest BCUT2D eigenvalue weighted by Crippen LogP contribution is 2.32. The van der Waals surface area contributed by atoms with Crippen molar-refractivity contribution in [2.45, 2.75) is 17.5 Å². The van der Waals surface area contributed by atoms with Crippen LogP contribution in [0.1, 0.15) is 13.8 Å². The van der Waals surface area contributed by atoms with Gasteiger partial charge in [0.1, 0.15) is 0 Å². The van der Waals surface area contributed by atoms with E-state index in [2.05, 4.69) is 0 Å². The summed E-state index contributed by atoms with van der Waals surface area (Å²) in [6, 6.07) is 0. The van der Waals surface area contributed by atoms with Gasteiger partial charge in [0.2, 0.25) is 0 Å². The van der Waals surface area contributed by atoms with Gasteiger partial charge >= 0.3 is 0 Å². The summed E-state index contributed by atoms with van der Waals surface area (Å²) in [6.07, 6.45) is 0. The summed E-state index contributed by atoms with van der Waals surface area (Å²) in [5, 5.41) is 0. The molecule has 1 nitrogen and oxygen atoms in total. The fraction of sp³-hybridized carbons (Fsp3) is 1.00. The Labute approximate surface area is 64.7 Å². The number of thioether (sulfide) groups is 1. The zero-order chi connectivity index (χ0) is 5.91. The largest absolute Gasteiger partial charge is 0.344 e. The third kappa shape index (κ3) is 10.00. The van der Waals surface area contributed by atoms with Gasteiger partial charge in [-0.25, -0.2) is 0 Å². The van der Waals surface area contributed by atoms with Gasteiger partial charge in [0.05, 0.1) is 0 Å². The number of hydrogen-bond donors (Lipinski definition) is 1. The fourth-order valence-corrected chi connectivity index (χ4v) is 1.41. The summed E-state index contributed by atoms with van der Waals surface area (Å²) in [4.78, 5) is 0. The average molecular weight is 176 g/mol. The topological polar surface area (TPSA) is 35.0 Å². The van der Waals surface area contributed by atoms with E-state index in [9.17, 15) is 0 Å². The Bertz CT molecular complexity index is 52.5. The molecule has 8 heavy (non-hydrogen) atoms. The molecule has 52 valence electrons. The summed E-state index contributed by atoms with van der Waals surface area (Å²) in [6.45, 7) is 3.79. The van der Waals surface area contributed by atoms with Gasteiger partial charge in [0.25, 0.3) is 0 Å². The van der Waals surface area contributed by atoms with Crippen LogP contribution in [0.25, 0.3) is 0 Å². The molecule has 0 aromatic heterocycles. The van der Waals surface area contributed by atoms with E-state index >= 15 is 0 Å². The highest BCUT2D eigenvalue weighted by atomic mass is 35.5. The summed E-state index contributed by atoms with van der Waals surface area (Å²) < 4.78 is -0.589. The van der Waals surface area contributed by atoms with Gasteiger partial charge in [-0.15, -0.1) is 11.8 Å². The number of halogens is 2. The van der Waals surface area contributed by atoms with Crippen LogP contribution in [0.5, 0.6) is 0 Å². The lowest BCUT2D eigenvalue weighted by Gasteiger charge is -2.08. The van der Waals surface area contributed by atoms with Gasteiger partial charge in [0.15, 0.2) is 3.67 Å². The summed E-state index contributed by atoms with van der Waals surface area (Å²) in [7, 11) is 0. The Balaban J connectivity index is 0. The molecule has 0 aliphatic rings. The Kier molecular flexibility index (Phi) is 6.91. The van der Waals surface area contributed by atoms with Crippen molar-refractivity contribution >= 4 is 35.0 Å². The molecule has 0 radical (unpaired) electrons. The van der Waals surface area contributed by atoms with Crippen LogP contribution in [0, 0.1) is 0 Å². The smallest absolute Gasteiger partial charge is 0.160 e. The third-order valence-corrected chi connectivity index (χ3v) is 1.85. The first-order valence-corrected chi connectivity index (χ1v) is 3.82. The van der Waals surface area contributed by atoms with Gasteiger partial charge in [-0.3, -0.25) is 0 Å². The molecule has 0 spiro atoms. The van der Waals surface area contributed by atoms with Gasteiger partial charge < -0.3 is 6.15 Å². The zero-order valence-electron chi connectivity index (χ0n) is 5.08. The maximum atomic E-state index is 5.56. The first kappa shape index (κ1) is 11.7. The molecular weight excluding hydrogens is 165 g/mol. The zero-order valence-corrected chi connectivity index (χ0v) is 7.41. The number of alkyl halides is 2. The van der Waals surface area contributed by atoms with Crippen LogP contribution in [-0.4, -0.2) is 9.42 Å². The summed E-state index contributed by atoms with van der Waals surface area (Å²) in [5.41, 5.74) is 0. The molecule has 0 aliphatic heterocycles. The van der Waals surface area contributed by atoms with Crippen LogP contribution in [0.4, 0.5) is 0 Å². The van der Waals surface area contributed by atoms with E-state index in [1.165, 1.54) is 11.8 Å². The van der Waals surface area contributed by atoms with Crippen LogP contribution in [0.15, 0.2) is 0 Å². The van der Waals surface area contributed by atoms with Crippen LogP contribution in [0.3, 0.4) is 0 Å². The molecule has 0 aromatic rings. The third-order valence-electron chi connectivity index (χ3n) is 0.398. The van der Waals surface area contributed by atoms with Gasteiger partial charge in [0, 0.05) is 0 Å². The minimum Gasteiger partial charge on any atom is -0.344 e. The first-order valence-electron chi connectivity index (χ1n) is 2.08. The van der Waals surface area contributed by atoms with E-state index < -0.39 is 3.67 Å². The summed E-state index contributed by atoms with van der Waals surface area (Å²) in [5.74, 6) is 0.962. The maximum absolute atomic E-state index is 5.56. The second-order valence-corrected chi connectivity index (χ2v) is 5.08. The van der Waals surface area contributed by atoms with Crippen molar-refractivity contribution in [2.24, 2.45) is 0 Å². The molecule has 4 heteroatoms. The Morgan fingerprint density at radius 2 is 1.88 bits per heavy atom. The molecule has 3 N–H and O–H groups in total. The molecule has 0 saturated carbocycles. The minimum atomic E-state index is -0.589. The van der Waals surface area contributed by atoms with Crippen LogP contribution in [-0.2, 0) is 0 Å². The molecule has 0 bridgehead atoms. The fourth-order valence-electron chi connectivity index (χ4n) is 0.253. The van der Waals surface area contributed by atoms with E-state index in [0.717, 1.165) is 5.75 Å². The first-order chi connectivity index (χ1) is 3.06. The normalized spacial score (nSPS) is 10.5. The standard InChI is InChI=1S/C4H8Cl2S.H3N/c1-3-7-4(2,5)6;/h3H2,1-2H3;1H3. The maximum Gasteiger partial charge on any atom is 0.160 e. The second-order valence-electron chi connectivity index (χ2n) is 1.24. The average Bonchev–Trinajstić information content (AvgIpc) is 1.30. The Morgan fingerprint density at radius 1 is 1.50 bits per heavy atom. The van der Waals surface area contributed by atoms with Crippen LogP contribution in [0.2, 0.25) is 0 Å². The van der Waals surface area contributed by atoms with Crippen molar-refractivity contribution in [3.63, 3.8) is 0 Å². The monoisotopic (exact) mass is 175 g/mol. The molecule has 0 aromatic carbocycles. The molecule has 0 fully saturated rings. The van der Waals surface area contributed by atoms with E-state index in [1.807, 2.05) is 6.92 Å². The predicted molar refractivity (Wildman–Crippen MR) is 43.3 cm³/mol. The van der Waals surface area contributed by atoms with Gasteiger partial charge in [-0.1, -0.05) is 30.1 Å². The quantitative estimate of drug-likeness (QED) is 0.656. The molecule has 0 amide bonds. The SMILES string of the molecule is CCSC(C)(Cl)Cl.N. The molecule has 0 rings (SSSR count). The lowest BCUT2D eigenvalue weighted by Crippen LogP contribution is -1.97. The molecule has 0 atom stereocenters. The Morgan fingerprint density at radius 3 is 1.88 bits per heavy atom. The molecule has 0 heterocycles. The lowest BCUT2D eigenvalue weighted by molar-refractivity contribution is 1.27. The van der Waals surface area contributed by atoms with Gasteiger partial charge in [-0.2, -0.15) is 0 Å². The molecular formula is C4H11Cl2NS. The lowest BCUT2D eigenvalue weighted by atomic mass is 10.9. The molecule has 0 unspecified atom stereocenters.